The number of aryl methyl sites for hydroxylation is 1. The second kappa shape index (κ2) is 7.75. The van der Waals surface area contributed by atoms with Crippen LogP contribution in [-0.2, 0) is 0 Å². The molecule has 1 rings (SSSR count). The lowest BCUT2D eigenvalue weighted by Crippen LogP contribution is -2.19. The summed E-state index contributed by atoms with van der Waals surface area (Å²) in [5.41, 5.74) is 0.321. The lowest BCUT2D eigenvalue weighted by Gasteiger charge is -2.17. The molecule has 1 atom stereocenters. The van der Waals surface area contributed by atoms with Gasteiger partial charge < -0.3 is 10.6 Å². The summed E-state index contributed by atoms with van der Waals surface area (Å²) >= 11 is 0. The molecular weight excluding hydrogens is 270 g/mol. The molecule has 0 saturated carbocycles. The Kier molecular flexibility index (Phi) is 6.33. The van der Waals surface area contributed by atoms with Gasteiger partial charge in [0.2, 0.25) is 11.8 Å². The van der Waals surface area contributed by atoms with Gasteiger partial charge in [-0.1, -0.05) is 27.7 Å². The van der Waals surface area contributed by atoms with Crippen molar-refractivity contribution >= 4 is 17.5 Å². The Bertz CT molecular complexity index is 490. The fourth-order valence-corrected chi connectivity index (χ4v) is 1.72. The molecule has 21 heavy (non-hydrogen) atoms. The first-order chi connectivity index (χ1) is 9.86. The molecule has 0 aromatic carbocycles. The van der Waals surface area contributed by atoms with Gasteiger partial charge in [-0.05, 0) is 25.2 Å². The molecule has 1 aromatic rings. The van der Waals surface area contributed by atoms with Crippen LogP contribution in [0.25, 0.3) is 0 Å². The molecule has 0 aliphatic rings. The fourth-order valence-electron chi connectivity index (χ4n) is 1.72. The van der Waals surface area contributed by atoms with Crippen LogP contribution in [0.2, 0.25) is 0 Å². The number of nitrogens with zero attached hydrogens (tertiary/aromatic N) is 3. The van der Waals surface area contributed by atoms with Gasteiger partial charge in [-0.15, -0.1) is 0 Å². The fraction of sp³-hybridized carbons (Fsp3) is 0.714. The minimum atomic E-state index is -0.429. The van der Waals surface area contributed by atoms with Crippen molar-refractivity contribution in [1.82, 2.24) is 9.97 Å². The Morgan fingerprint density at radius 1 is 1.24 bits per heavy atom. The van der Waals surface area contributed by atoms with Crippen molar-refractivity contribution in [1.29, 1.82) is 0 Å². The Morgan fingerprint density at radius 2 is 1.90 bits per heavy atom. The summed E-state index contributed by atoms with van der Waals surface area (Å²) in [6.07, 6.45) is 0.937. The van der Waals surface area contributed by atoms with E-state index < -0.39 is 4.92 Å². The highest BCUT2D eigenvalue weighted by Crippen LogP contribution is 2.27. The van der Waals surface area contributed by atoms with E-state index in [-0.39, 0.29) is 5.69 Å². The van der Waals surface area contributed by atoms with Gasteiger partial charge in [0.1, 0.15) is 5.69 Å². The molecule has 2 N–H and O–H groups in total. The normalized spacial score (nSPS) is 12.3. The van der Waals surface area contributed by atoms with Crippen LogP contribution in [0, 0.1) is 28.9 Å². The van der Waals surface area contributed by atoms with Gasteiger partial charge in [0, 0.05) is 13.1 Å². The predicted molar refractivity (Wildman–Crippen MR) is 84.7 cm³/mol. The summed E-state index contributed by atoms with van der Waals surface area (Å²) in [4.78, 5) is 19.2. The molecule has 0 saturated heterocycles. The number of anilines is 2. The summed E-state index contributed by atoms with van der Waals surface area (Å²) in [5.74, 6) is 1.61. The highest BCUT2D eigenvalue weighted by atomic mass is 16.6. The first kappa shape index (κ1) is 17.1. The first-order valence-corrected chi connectivity index (χ1v) is 7.37. The minimum Gasteiger partial charge on any atom is -0.364 e. The average Bonchev–Trinajstić information content (AvgIpc) is 2.41. The zero-order valence-corrected chi connectivity index (χ0v) is 13.4. The molecule has 1 heterocycles. The van der Waals surface area contributed by atoms with Crippen molar-refractivity contribution in [2.24, 2.45) is 11.8 Å². The maximum atomic E-state index is 11.2. The standard InChI is InChI=1S/C14H25N5O2/c1-6-7-15-14-17-11(5)12(19(20)21)13(18-14)16-8-10(4)9(2)3/h9-10H,6-8H2,1-5H3,(H2,15,16,17,18). The van der Waals surface area contributed by atoms with E-state index in [1.165, 1.54) is 0 Å². The highest BCUT2D eigenvalue weighted by Gasteiger charge is 2.22. The first-order valence-electron chi connectivity index (χ1n) is 7.37. The molecule has 118 valence electrons. The lowest BCUT2D eigenvalue weighted by atomic mass is 9.98. The molecule has 7 nitrogen and oxygen atoms in total. The van der Waals surface area contributed by atoms with Crippen molar-refractivity contribution in [3.8, 4) is 0 Å². The number of rotatable bonds is 8. The van der Waals surface area contributed by atoms with E-state index in [2.05, 4.69) is 41.4 Å². The number of hydrogen-bond donors (Lipinski definition) is 2. The van der Waals surface area contributed by atoms with Crippen LogP contribution in [0.3, 0.4) is 0 Å². The summed E-state index contributed by atoms with van der Waals surface area (Å²) in [6, 6.07) is 0. The highest BCUT2D eigenvalue weighted by molar-refractivity contribution is 5.60. The Hall–Kier alpha value is -1.92. The van der Waals surface area contributed by atoms with Crippen molar-refractivity contribution in [2.75, 3.05) is 23.7 Å². The topological polar surface area (TPSA) is 93.0 Å². The van der Waals surface area contributed by atoms with E-state index in [0.717, 1.165) is 13.0 Å². The van der Waals surface area contributed by atoms with Crippen LogP contribution in [-0.4, -0.2) is 28.0 Å². The van der Waals surface area contributed by atoms with Gasteiger partial charge in [-0.25, -0.2) is 4.98 Å². The summed E-state index contributed by atoms with van der Waals surface area (Å²) in [7, 11) is 0. The number of nitrogens with one attached hydrogen (secondary N) is 2. The second-order valence-corrected chi connectivity index (χ2v) is 5.62. The molecule has 0 fully saturated rings. The third-order valence-electron chi connectivity index (χ3n) is 3.50. The van der Waals surface area contributed by atoms with E-state index in [4.69, 9.17) is 0 Å². The Balaban J connectivity index is 3.01. The average molecular weight is 295 g/mol. The maximum absolute atomic E-state index is 11.2. The van der Waals surface area contributed by atoms with Gasteiger partial charge in [-0.2, -0.15) is 4.98 Å². The maximum Gasteiger partial charge on any atom is 0.332 e. The SMILES string of the molecule is CCCNc1nc(C)c([N+](=O)[O-])c(NCC(C)C(C)C)n1. The molecule has 0 radical (unpaired) electrons. The van der Waals surface area contributed by atoms with Crippen LogP contribution >= 0.6 is 0 Å². The van der Waals surface area contributed by atoms with Crippen molar-refractivity contribution in [3.05, 3.63) is 15.8 Å². The summed E-state index contributed by atoms with van der Waals surface area (Å²) in [5, 5.41) is 17.4. The van der Waals surface area contributed by atoms with Gasteiger partial charge in [0.05, 0.1) is 4.92 Å². The lowest BCUT2D eigenvalue weighted by molar-refractivity contribution is -0.385. The Labute approximate surface area is 125 Å². The smallest absolute Gasteiger partial charge is 0.332 e. The van der Waals surface area contributed by atoms with Gasteiger partial charge >= 0.3 is 5.69 Å². The molecule has 0 bridgehead atoms. The number of hydrogen-bond acceptors (Lipinski definition) is 6. The van der Waals surface area contributed by atoms with Gasteiger partial charge in [0.25, 0.3) is 0 Å². The molecular formula is C14H25N5O2. The largest absolute Gasteiger partial charge is 0.364 e. The molecule has 0 spiro atoms. The third kappa shape index (κ3) is 4.84. The molecule has 1 aromatic heterocycles. The van der Waals surface area contributed by atoms with Crippen LogP contribution in [0.5, 0.6) is 0 Å². The quantitative estimate of drug-likeness (QED) is 0.565. The van der Waals surface area contributed by atoms with Crippen LogP contribution < -0.4 is 10.6 Å². The Morgan fingerprint density at radius 3 is 2.43 bits per heavy atom. The van der Waals surface area contributed by atoms with Crippen molar-refractivity contribution in [3.63, 3.8) is 0 Å². The molecule has 7 heteroatoms. The summed E-state index contributed by atoms with van der Waals surface area (Å²) < 4.78 is 0. The van der Waals surface area contributed by atoms with Crippen LogP contribution in [0.15, 0.2) is 0 Å². The molecule has 0 aliphatic carbocycles. The van der Waals surface area contributed by atoms with E-state index in [1.54, 1.807) is 6.92 Å². The minimum absolute atomic E-state index is 0.0481. The zero-order valence-electron chi connectivity index (χ0n) is 13.4. The van der Waals surface area contributed by atoms with Crippen molar-refractivity contribution < 1.29 is 4.92 Å². The third-order valence-corrected chi connectivity index (χ3v) is 3.50. The zero-order chi connectivity index (χ0) is 16.0. The van der Waals surface area contributed by atoms with Gasteiger partial charge in [-0.3, -0.25) is 10.1 Å². The van der Waals surface area contributed by atoms with Crippen LogP contribution in [0.4, 0.5) is 17.5 Å². The van der Waals surface area contributed by atoms with Crippen LogP contribution in [0.1, 0.15) is 39.8 Å². The van der Waals surface area contributed by atoms with E-state index >= 15 is 0 Å². The number of nitro groups is 1. The molecule has 0 aliphatic heterocycles. The predicted octanol–water partition coefficient (Wildman–Crippen LogP) is 3.22. The molecule has 1 unspecified atom stereocenters. The van der Waals surface area contributed by atoms with Gasteiger partial charge in [0.15, 0.2) is 0 Å². The number of aromatic nitrogens is 2. The molecule has 0 amide bonds. The monoisotopic (exact) mass is 295 g/mol. The van der Waals surface area contributed by atoms with E-state index in [0.29, 0.717) is 35.8 Å². The van der Waals surface area contributed by atoms with Crippen molar-refractivity contribution in [2.45, 2.75) is 41.0 Å². The summed E-state index contributed by atoms with van der Waals surface area (Å²) in [6.45, 7) is 11.4. The van der Waals surface area contributed by atoms with E-state index in [9.17, 15) is 10.1 Å². The van der Waals surface area contributed by atoms with E-state index in [1.807, 2.05) is 6.92 Å². The second-order valence-electron chi connectivity index (χ2n) is 5.62.